The van der Waals surface area contributed by atoms with Crippen LogP contribution in [0.5, 0.6) is 0 Å². The van der Waals surface area contributed by atoms with Crippen molar-refractivity contribution in [3.63, 3.8) is 0 Å². The lowest BCUT2D eigenvalue weighted by Crippen LogP contribution is -2.45. The Hall–Kier alpha value is -0.860. The zero-order valence-corrected chi connectivity index (χ0v) is 13.4. The Morgan fingerprint density at radius 1 is 1.10 bits per heavy atom. The Balaban J connectivity index is 2.12. The minimum absolute atomic E-state index is 0.614. The van der Waals surface area contributed by atoms with E-state index < -0.39 is 0 Å². The third-order valence-electron chi connectivity index (χ3n) is 4.59. The quantitative estimate of drug-likeness (QED) is 0.793. The lowest BCUT2D eigenvalue weighted by molar-refractivity contribution is 0.162. The van der Waals surface area contributed by atoms with Gasteiger partial charge in [-0.3, -0.25) is 4.90 Å². The van der Waals surface area contributed by atoms with Crippen LogP contribution in [0.3, 0.4) is 0 Å². The molecule has 0 saturated carbocycles. The third kappa shape index (κ3) is 4.07. The van der Waals surface area contributed by atoms with Crippen molar-refractivity contribution >= 4 is 0 Å². The van der Waals surface area contributed by atoms with E-state index in [1.165, 1.54) is 55.5 Å². The van der Waals surface area contributed by atoms with Gasteiger partial charge in [0.25, 0.3) is 0 Å². The van der Waals surface area contributed by atoms with Gasteiger partial charge in [-0.2, -0.15) is 0 Å². The van der Waals surface area contributed by atoms with E-state index in [1.807, 2.05) is 0 Å². The summed E-state index contributed by atoms with van der Waals surface area (Å²) in [7, 11) is 0. The standard InChI is InChI=1S/C18H30N2/c1-4-5-6-7-18(20-12-10-19-11-13-20)17-9-8-15(2)16(3)14-17/h8-9,14,18-19H,4-7,10-13H2,1-3H3/t18-/m1/s1. The summed E-state index contributed by atoms with van der Waals surface area (Å²) in [5.74, 6) is 0. The lowest BCUT2D eigenvalue weighted by atomic mass is 9.95. The van der Waals surface area contributed by atoms with Crippen LogP contribution in [0.25, 0.3) is 0 Å². The molecule has 2 heteroatoms. The minimum atomic E-state index is 0.614. The summed E-state index contributed by atoms with van der Waals surface area (Å²) in [6.45, 7) is 11.4. The zero-order chi connectivity index (χ0) is 14.4. The smallest absolute Gasteiger partial charge is 0.0349 e. The summed E-state index contributed by atoms with van der Waals surface area (Å²) in [5, 5.41) is 3.47. The molecule has 1 saturated heterocycles. The van der Waals surface area contributed by atoms with Crippen molar-refractivity contribution in [2.75, 3.05) is 26.2 Å². The molecule has 112 valence electrons. The Morgan fingerprint density at radius 3 is 2.50 bits per heavy atom. The van der Waals surface area contributed by atoms with Crippen LogP contribution >= 0.6 is 0 Å². The fourth-order valence-corrected chi connectivity index (χ4v) is 3.11. The first-order chi connectivity index (χ1) is 9.72. The molecule has 1 aliphatic rings. The molecule has 1 N–H and O–H groups in total. The Bertz CT molecular complexity index is 408. The average Bonchev–Trinajstić information content (AvgIpc) is 2.48. The molecule has 20 heavy (non-hydrogen) atoms. The molecule has 1 aromatic carbocycles. The van der Waals surface area contributed by atoms with E-state index in [-0.39, 0.29) is 0 Å². The molecule has 1 aromatic rings. The predicted octanol–water partition coefficient (Wildman–Crippen LogP) is 3.83. The van der Waals surface area contributed by atoms with Crippen LogP contribution < -0.4 is 5.32 Å². The van der Waals surface area contributed by atoms with Gasteiger partial charge in [-0.15, -0.1) is 0 Å². The molecule has 2 nitrogen and oxygen atoms in total. The van der Waals surface area contributed by atoms with Crippen LogP contribution in [0, 0.1) is 13.8 Å². The van der Waals surface area contributed by atoms with Gasteiger partial charge in [-0.1, -0.05) is 44.4 Å². The van der Waals surface area contributed by atoms with Crippen LogP contribution in [0.15, 0.2) is 18.2 Å². The highest BCUT2D eigenvalue weighted by Crippen LogP contribution is 2.28. The van der Waals surface area contributed by atoms with E-state index in [0.29, 0.717) is 6.04 Å². The van der Waals surface area contributed by atoms with Gasteiger partial charge < -0.3 is 5.32 Å². The number of nitrogens with one attached hydrogen (secondary N) is 1. The first-order valence-corrected chi connectivity index (χ1v) is 8.24. The summed E-state index contributed by atoms with van der Waals surface area (Å²) in [6, 6.07) is 7.66. The Labute approximate surface area is 124 Å². The highest BCUT2D eigenvalue weighted by atomic mass is 15.2. The lowest BCUT2D eigenvalue weighted by Gasteiger charge is -2.35. The molecular weight excluding hydrogens is 244 g/mol. The van der Waals surface area contributed by atoms with Crippen molar-refractivity contribution in [1.29, 1.82) is 0 Å². The van der Waals surface area contributed by atoms with E-state index in [9.17, 15) is 0 Å². The number of unbranched alkanes of at least 4 members (excludes halogenated alkanes) is 2. The molecule has 0 amide bonds. The molecule has 0 aromatic heterocycles. The Kier molecular flexibility index (Phi) is 6.06. The SMILES string of the molecule is CCCCC[C@H](c1ccc(C)c(C)c1)N1CCNCC1. The van der Waals surface area contributed by atoms with E-state index in [0.717, 1.165) is 13.1 Å². The first kappa shape index (κ1) is 15.5. The highest BCUT2D eigenvalue weighted by molar-refractivity contribution is 5.31. The topological polar surface area (TPSA) is 15.3 Å². The van der Waals surface area contributed by atoms with Crippen LogP contribution in [-0.4, -0.2) is 31.1 Å². The van der Waals surface area contributed by atoms with Crippen molar-refractivity contribution < 1.29 is 0 Å². The van der Waals surface area contributed by atoms with Gasteiger partial charge in [-0.25, -0.2) is 0 Å². The third-order valence-corrected chi connectivity index (χ3v) is 4.59. The van der Waals surface area contributed by atoms with Crippen molar-refractivity contribution in [2.24, 2.45) is 0 Å². The van der Waals surface area contributed by atoms with Gasteiger partial charge in [-0.05, 0) is 37.0 Å². The van der Waals surface area contributed by atoms with Gasteiger partial charge in [0.05, 0.1) is 0 Å². The highest BCUT2D eigenvalue weighted by Gasteiger charge is 2.21. The second-order valence-corrected chi connectivity index (χ2v) is 6.14. The van der Waals surface area contributed by atoms with Crippen molar-refractivity contribution in [1.82, 2.24) is 10.2 Å². The van der Waals surface area contributed by atoms with Gasteiger partial charge >= 0.3 is 0 Å². The number of hydrogen-bond donors (Lipinski definition) is 1. The number of aryl methyl sites for hydroxylation is 2. The summed E-state index contributed by atoms with van der Waals surface area (Å²) in [4.78, 5) is 2.68. The van der Waals surface area contributed by atoms with Crippen molar-refractivity contribution in [3.05, 3.63) is 34.9 Å². The van der Waals surface area contributed by atoms with Gasteiger partial charge in [0.2, 0.25) is 0 Å². The van der Waals surface area contributed by atoms with Crippen LogP contribution in [0.4, 0.5) is 0 Å². The first-order valence-electron chi connectivity index (χ1n) is 8.24. The molecule has 1 aliphatic heterocycles. The summed E-state index contributed by atoms with van der Waals surface area (Å²) < 4.78 is 0. The summed E-state index contributed by atoms with van der Waals surface area (Å²) >= 11 is 0. The average molecular weight is 274 g/mol. The van der Waals surface area contributed by atoms with E-state index in [1.54, 1.807) is 0 Å². The predicted molar refractivity (Wildman–Crippen MR) is 87.2 cm³/mol. The zero-order valence-electron chi connectivity index (χ0n) is 13.4. The van der Waals surface area contributed by atoms with Crippen LogP contribution in [-0.2, 0) is 0 Å². The van der Waals surface area contributed by atoms with Crippen LogP contribution in [0.1, 0.15) is 55.3 Å². The summed E-state index contributed by atoms with van der Waals surface area (Å²) in [6.07, 6.45) is 5.31. The maximum atomic E-state index is 3.47. The molecule has 1 atom stereocenters. The number of piperazine rings is 1. The largest absolute Gasteiger partial charge is 0.314 e. The van der Waals surface area contributed by atoms with E-state index >= 15 is 0 Å². The number of rotatable bonds is 6. The molecule has 1 fully saturated rings. The number of benzene rings is 1. The van der Waals surface area contributed by atoms with Crippen molar-refractivity contribution in [2.45, 2.75) is 52.5 Å². The maximum absolute atomic E-state index is 3.47. The van der Waals surface area contributed by atoms with Gasteiger partial charge in [0, 0.05) is 32.2 Å². The minimum Gasteiger partial charge on any atom is -0.314 e. The molecule has 0 spiro atoms. The van der Waals surface area contributed by atoms with Crippen LogP contribution in [0.2, 0.25) is 0 Å². The van der Waals surface area contributed by atoms with Crippen molar-refractivity contribution in [3.8, 4) is 0 Å². The maximum Gasteiger partial charge on any atom is 0.0349 e. The molecule has 0 radical (unpaired) electrons. The number of hydrogen-bond acceptors (Lipinski definition) is 2. The monoisotopic (exact) mass is 274 g/mol. The molecule has 1 heterocycles. The molecule has 0 aliphatic carbocycles. The van der Waals surface area contributed by atoms with E-state index in [2.05, 4.69) is 49.2 Å². The second-order valence-electron chi connectivity index (χ2n) is 6.14. The Morgan fingerprint density at radius 2 is 1.85 bits per heavy atom. The fraction of sp³-hybridized carbons (Fsp3) is 0.667. The van der Waals surface area contributed by atoms with Gasteiger partial charge in [0.1, 0.15) is 0 Å². The second kappa shape index (κ2) is 7.80. The summed E-state index contributed by atoms with van der Waals surface area (Å²) in [5.41, 5.74) is 4.35. The fourth-order valence-electron chi connectivity index (χ4n) is 3.11. The van der Waals surface area contributed by atoms with Gasteiger partial charge in [0.15, 0.2) is 0 Å². The van der Waals surface area contributed by atoms with E-state index in [4.69, 9.17) is 0 Å². The normalized spacial score (nSPS) is 18.1. The molecule has 0 unspecified atom stereocenters. The molecule has 0 bridgehead atoms. The molecule has 2 rings (SSSR count). The number of nitrogens with zero attached hydrogens (tertiary/aromatic N) is 1. The molecular formula is C18H30N2.